The van der Waals surface area contributed by atoms with E-state index in [1.54, 1.807) is 0 Å². The van der Waals surface area contributed by atoms with E-state index in [0.717, 1.165) is 12.1 Å². The Hall–Kier alpha value is -2.17. The standard InChI is InChI=1S/C13H8F2NO3P/c14-11-5-4-9(7-12(11)15)16-13(17)8-2-1-3-10(6-8)20(18)19/h1-7H,(H,16,17). The SMILES string of the molecule is O=C(Nc1ccc(F)c(F)c1)c1cccc([P+](=O)[O-])c1. The van der Waals surface area contributed by atoms with Crippen LogP contribution in [0.3, 0.4) is 0 Å². The van der Waals surface area contributed by atoms with Crippen LogP contribution in [0.25, 0.3) is 0 Å². The van der Waals surface area contributed by atoms with E-state index in [1.807, 2.05) is 0 Å². The van der Waals surface area contributed by atoms with Crippen LogP contribution in [0.1, 0.15) is 10.4 Å². The number of benzene rings is 2. The second-order valence-corrected chi connectivity index (χ2v) is 4.92. The number of hydrogen-bond donors (Lipinski definition) is 1. The van der Waals surface area contributed by atoms with Gasteiger partial charge in [-0.15, -0.1) is 0 Å². The second kappa shape index (κ2) is 5.86. The number of carbonyl (C=O) groups excluding carboxylic acids is 1. The van der Waals surface area contributed by atoms with Gasteiger partial charge in [0.1, 0.15) is 0 Å². The van der Waals surface area contributed by atoms with Crippen LogP contribution in [0.2, 0.25) is 0 Å². The Balaban J connectivity index is 2.21. The molecule has 2 aromatic carbocycles. The molecule has 0 bridgehead atoms. The molecule has 0 aliphatic heterocycles. The van der Waals surface area contributed by atoms with Crippen molar-refractivity contribution in [3.05, 3.63) is 59.7 Å². The van der Waals surface area contributed by atoms with Gasteiger partial charge in [-0.2, -0.15) is 0 Å². The van der Waals surface area contributed by atoms with E-state index < -0.39 is 25.6 Å². The van der Waals surface area contributed by atoms with Crippen LogP contribution in [0, 0.1) is 11.6 Å². The zero-order chi connectivity index (χ0) is 14.7. The molecule has 4 nitrogen and oxygen atoms in total. The molecule has 102 valence electrons. The van der Waals surface area contributed by atoms with Gasteiger partial charge in [0.25, 0.3) is 5.91 Å². The van der Waals surface area contributed by atoms with Crippen molar-refractivity contribution in [2.24, 2.45) is 0 Å². The lowest BCUT2D eigenvalue weighted by Crippen LogP contribution is -2.15. The minimum Gasteiger partial charge on any atom is -0.591 e. The molecule has 0 aliphatic rings. The Morgan fingerprint density at radius 2 is 1.85 bits per heavy atom. The van der Waals surface area contributed by atoms with E-state index in [4.69, 9.17) is 0 Å². The van der Waals surface area contributed by atoms with Crippen molar-refractivity contribution in [1.29, 1.82) is 0 Å². The third-order valence-electron chi connectivity index (χ3n) is 2.50. The number of hydrogen-bond acceptors (Lipinski definition) is 3. The van der Waals surface area contributed by atoms with Crippen LogP contribution < -0.4 is 15.5 Å². The predicted octanol–water partition coefficient (Wildman–Crippen LogP) is 1.95. The zero-order valence-electron chi connectivity index (χ0n) is 9.97. The van der Waals surface area contributed by atoms with Crippen molar-refractivity contribution in [3.8, 4) is 0 Å². The van der Waals surface area contributed by atoms with Gasteiger partial charge >= 0.3 is 8.03 Å². The van der Waals surface area contributed by atoms with Gasteiger partial charge in [-0.25, -0.2) is 8.78 Å². The maximum atomic E-state index is 13.0. The summed E-state index contributed by atoms with van der Waals surface area (Å²) in [6.07, 6.45) is 0. The number of nitrogens with one attached hydrogen (secondary N) is 1. The minimum absolute atomic E-state index is 0.00191. The quantitative estimate of drug-likeness (QED) is 0.880. The fourth-order valence-corrected chi connectivity index (χ4v) is 1.99. The maximum absolute atomic E-state index is 13.0. The molecule has 0 fully saturated rings. The molecule has 1 atom stereocenters. The fraction of sp³-hybridized carbons (Fsp3) is 0. The van der Waals surface area contributed by atoms with Crippen LogP contribution in [0.15, 0.2) is 42.5 Å². The van der Waals surface area contributed by atoms with E-state index in [9.17, 15) is 23.0 Å². The molecule has 2 rings (SSSR count). The van der Waals surface area contributed by atoms with Crippen molar-refractivity contribution < 1.29 is 23.0 Å². The maximum Gasteiger partial charge on any atom is 0.348 e. The first-order chi connectivity index (χ1) is 9.47. The van der Waals surface area contributed by atoms with Crippen molar-refractivity contribution in [1.82, 2.24) is 0 Å². The predicted molar refractivity (Wildman–Crippen MR) is 68.0 cm³/mol. The fourth-order valence-electron chi connectivity index (χ4n) is 1.54. The third kappa shape index (κ3) is 3.23. The van der Waals surface area contributed by atoms with Crippen molar-refractivity contribution in [3.63, 3.8) is 0 Å². The average Bonchev–Trinajstić information content (AvgIpc) is 2.43. The van der Waals surface area contributed by atoms with Gasteiger partial charge in [0.15, 0.2) is 16.9 Å². The van der Waals surface area contributed by atoms with Gasteiger partial charge in [0.2, 0.25) is 0 Å². The molecule has 20 heavy (non-hydrogen) atoms. The largest absolute Gasteiger partial charge is 0.591 e. The lowest BCUT2D eigenvalue weighted by Gasteiger charge is -2.05. The first kappa shape index (κ1) is 14.2. The summed E-state index contributed by atoms with van der Waals surface area (Å²) in [5.74, 6) is -2.72. The van der Waals surface area contributed by atoms with Crippen LogP contribution in [-0.2, 0) is 4.57 Å². The zero-order valence-corrected chi connectivity index (χ0v) is 10.9. The van der Waals surface area contributed by atoms with Gasteiger partial charge in [-0.3, -0.25) is 4.79 Å². The number of rotatable bonds is 3. The highest BCUT2D eigenvalue weighted by Crippen LogP contribution is 2.15. The molecule has 2 aromatic rings. The molecule has 0 radical (unpaired) electrons. The summed E-state index contributed by atoms with van der Waals surface area (Å²) in [4.78, 5) is 22.7. The molecule has 0 saturated carbocycles. The Kier molecular flexibility index (Phi) is 4.17. The molecule has 1 unspecified atom stereocenters. The summed E-state index contributed by atoms with van der Waals surface area (Å²) in [5.41, 5.74) is 0.178. The highest BCUT2D eigenvalue weighted by atomic mass is 31.1. The van der Waals surface area contributed by atoms with Crippen LogP contribution in [0.4, 0.5) is 14.5 Å². The summed E-state index contributed by atoms with van der Waals surface area (Å²) in [5, 5.41) is 2.35. The van der Waals surface area contributed by atoms with E-state index >= 15 is 0 Å². The van der Waals surface area contributed by atoms with Gasteiger partial charge < -0.3 is 10.2 Å². The molecular formula is C13H8F2NO3P. The molecule has 7 heteroatoms. The lowest BCUT2D eigenvalue weighted by atomic mass is 10.2. The summed E-state index contributed by atoms with van der Waals surface area (Å²) in [6, 6.07) is 8.30. The number of carbonyl (C=O) groups is 1. The molecule has 1 amide bonds. The van der Waals surface area contributed by atoms with E-state index in [0.29, 0.717) is 0 Å². The number of halogens is 2. The smallest absolute Gasteiger partial charge is 0.348 e. The lowest BCUT2D eigenvalue weighted by molar-refractivity contribution is -0.160. The van der Waals surface area contributed by atoms with Crippen LogP contribution >= 0.6 is 8.03 Å². The van der Waals surface area contributed by atoms with E-state index in [1.165, 1.54) is 30.3 Å². The van der Waals surface area contributed by atoms with E-state index in [2.05, 4.69) is 5.32 Å². The Morgan fingerprint density at radius 3 is 2.50 bits per heavy atom. The first-order valence-corrected chi connectivity index (χ1v) is 6.66. The molecule has 0 aliphatic carbocycles. The molecule has 0 saturated heterocycles. The Morgan fingerprint density at radius 1 is 1.10 bits per heavy atom. The van der Waals surface area contributed by atoms with Crippen LogP contribution in [-0.4, -0.2) is 5.91 Å². The normalized spacial score (nSPS) is 11.1. The molecule has 0 spiro atoms. The topological polar surface area (TPSA) is 69.2 Å². The van der Waals surface area contributed by atoms with Gasteiger partial charge in [0.05, 0.1) is 0 Å². The summed E-state index contributed by atoms with van der Waals surface area (Å²) in [7, 11) is -2.79. The Bertz CT molecular complexity index is 691. The van der Waals surface area contributed by atoms with Crippen LogP contribution in [0.5, 0.6) is 0 Å². The van der Waals surface area contributed by atoms with Crippen molar-refractivity contribution in [2.75, 3.05) is 5.32 Å². The summed E-state index contributed by atoms with van der Waals surface area (Å²) in [6.45, 7) is 0. The molecule has 0 heterocycles. The average molecular weight is 295 g/mol. The van der Waals surface area contributed by atoms with Gasteiger partial charge in [-0.05, 0) is 24.3 Å². The Labute approximate surface area is 113 Å². The summed E-state index contributed by atoms with van der Waals surface area (Å²) < 4.78 is 36.6. The van der Waals surface area contributed by atoms with Gasteiger partial charge in [-0.1, -0.05) is 10.6 Å². The molecule has 1 N–H and O–H groups in total. The molecule has 0 aromatic heterocycles. The first-order valence-electron chi connectivity index (χ1n) is 5.48. The van der Waals surface area contributed by atoms with Gasteiger partial charge in [0, 0.05) is 23.4 Å². The third-order valence-corrected chi connectivity index (χ3v) is 3.20. The van der Waals surface area contributed by atoms with E-state index in [-0.39, 0.29) is 16.6 Å². The monoisotopic (exact) mass is 295 g/mol. The number of amides is 1. The van der Waals surface area contributed by atoms with Crippen molar-refractivity contribution in [2.45, 2.75) is 0 Å². The highest BCUT2D eigenvalue weighted by molar-refractivity contribution is 7.45. The second-order valence-electron chi connectivity index (χ2n) is 3.89. The highest BCUT2D eigenvalue weighted by Gasteiger charge is 2.13. The summed E-state index contributed by atoms with van der Waals surface area (Å²) >= 11 is 0. The minimum atomic E-state index is -2.79. The number of anilines is 1. The van der Waals surface area contributed by atoms with Crippen molar-refractivity contribution >= 4 is 24.9 Å². The molecular weight excluding hydrogens is 287 g/mol.